The number of hydrogen-bond acceptors (Lipinski definition) is 7. The lowest BCUT2D eigenvalue weighted by molar-refractivity contribution is 0.0695. The number of carbonyl (C=O) groups is 1. The maximum absolute atomic E-state index is 15.6. The topological polar surface area (TPSA) is 119 Å². The summed E-state index contributed by atoms with van der Waals surface area (Å²) < 4.78 is 32.0. The van der Waals surface area contributed by atoms with Crippen LogP contribution in [0.25, 0.3) is 44.1 Å². The fourth-order valence-corrected chi connectivity index (χ4v) is 6.28. The van der Waals surface area contributed by atoms with Gasteiger partial charge in [-0.3, -0.25) is 4.79 Å². The van der Waals surface area contributed by atoms with E-state index in [9.17, 15) is 19.1 Å². The Morgan fingerprint density at radius 2 is 2.00 bits per heavy atom. The summed E-state index contributed by atoms with van der Waals surface area (Å²) in [5, 5.41) is 13.2. The molecule has 0 bridgehead atoms. The number of aromatic carboxylic acids is 1. The molecule has 1 unspecified atom stereocenters. The minimum atomic E-state index is -1.33. The molecule has 3 N–H and O–H groups in total. The first kappa shape index (κ1) is 27.6. The molecule has 0 amide bonds. The van der Waals surface area contributed by atoms with Crippen molar-refractivity contribution in [3.8, 4) is 11.1 Å². The molecule has 6 rings (SSSR count). The number of carboxylic acid groups (broad SMARTS) is 1. The number of H-pyrrole nitrogens is 1. The van der Waals surface area contributed by atoms with E-state index in [0.29, 0.717) is 63.7 Å². The number of piperidine rings is 1. The molecular formula is C30H31F2N7O3. The fraction of sp³-hybridized carbons (Fsp3) is 0.333. The molecule has 1 atom stereocenters. The molecule has 0 aliphatic carbocycles. The molecule has 4 aromatic heterocycles. The van der Waals surface area contributed by atoms with Gasteiger partial charge in [-0.1, -0.05) is 0 Å². The van der Waals surface area contributed by atoms with Crippen molar-refractivity contribution in [2.45, 2.75) is 12.8 Å². The van der Waals surface area contributed by atoms with E-state index in [2.05, 4.69) is 30.1 Å². The second kappa shape index (κ2) is 10.4. The highest BCUT2D eigenvalue weighted by Crippen LogP contribution is 2.44. The van der Waals surface area contributed by atoms with Gasteiger partial charge in [-0.05, 0) is 38.9 Å². The number of hydrogen-bond donors (Lipinski definition) is 3. The fourth-order valence-electron chi connectivity index (χ4n) is 6.28. The molecule has 1 aliphatic heterocycles. The van der Waals surface area contributed by atoms with Crippen molar-refractivity contribution >= 4 is 50.3 Å². The number of benzene rings is 1. The van der Waals surface area contributed by atoms with Gasteiger partial charge < -0.3 is 29.8 Å². The summed E-state index contributed by atoms with van der Waals surface area (Å²) in [5.74, 6) is -2.95. The molecule has 0 saturated carbocycles. The highest BCUT2D eigenvalue weighted by Gasteiger charge is 2.29. The lowest BCUT2D eigenvalue weighted by Crippen LogP contribution is -2.39. The average Bonchev–Trinajstić information content (AvgIpc) is 3.35. The number of pyridine rings is 3. The van der Waals surface area contributed by atoms with Crippen molar-refractivity contribution in [2.24, 2.45) is 13.0 Å². The third-order valence-electron chi connectivity index (χ3n) is 8.05. The zero-order valence-electron chi connectivity index (χ0n) is 23.8. The van der Waals surface area contributed by atoms with E-state index in [1.165, 1.54) is 10.8 Å². The third-order valence-corrected chi connectivity index (χ3v) is 8.05. The van der Waals surface area contributed by atoms with Gasteiger partial charge in [-0.2, -0.15) is 0 Å². The first-order chi connectivity index (χ1) is 20.1. The molecule has 12 heteroatoms. The summed E-state index contributed by atoms with van der Waals surface area (Å²) in [7, 11) is 7.32. The van der Waals surface area contributed by atoms with E-state index in [1.54, 1.807) is 32.6 Å². The van der Waals surface area contributed by atoms with Crippen LogP contribution >= 0.6 is 0 Å². The van der Waals surface area contributed by atoms with Crippen LogP contribution in [0, 0.1) is 17.6 Å². The number of carboxylic acids is 1. The van der Waals surface area contributed by atoms with Crippen LogP contribution < -0.4 is 15.6 Å². The third kappa shape index (κ3) is 4.42. The summed E-state index contributed by atoms with van der Waals surface area (Å²) >= 11 is 0. The van der Waals surface area contributed by atoms with E-state index in [1.807, 2.05) is 14.1 Å². The van der Waals surface area contributed by atoms with Crippen LogP contribution in [-0.4, -0.2) is 76.3 Å². The summed E-state index contributed by atoms with van der Waals surface area (Å²) in [6, 6.07) is 2.72. The van der Waals surface area contributed by atoms with Crippen LogP contribution in [0.1, 0.15) is 23.2 Å². The van der Waals surface area contributed by atoms with Gasteiger partial charge >= 0.3 is 5.97 Å². The standard InChI is InChI=1S/C30H31F2N7O3/c1-33-21-9-20(31)24(32)22-23-26(39-7-5-6-15(13-39)12-37(2)3)18(11-34-28(23)36-25(21)22)16-8-17-27(40)19(30(41)42)14-38(4)29(17)35-10-16/h8-11,14-15,33H,5-7,12-13H2,1-4H3,(H,34,36)(H,41,42). The normalized spacial score (nSPS) is 15.8. The first-order valence-corrected chi connectivity index (χ1v) is 13.7. The van der Waals surface area contributed by atoms with Gasteiger partial charge in [0.05, 0.1) is 33.1 Å². The first-order valence-electron chi connectivity index (χ1n) is 13.7. The van der Waals surface area contributed by atoms with Crippen LogP contribution in [-0.2, 0) is 7.05 Å². The number of aromatic amines is 1. The van der Waals surface area contributed by atoms with Crippen molar-refractivity contribution in [1.29, 1.82) is 0 Å². The quantitative estimate of drug-likeness (QED) is 0.272. The van der Waals surface area contributed by atoms with Crippen molar-refractivity contribution in [3.63, 3.8) is 0 Å². The van der Waals surface area contributed by atoms with E-state index in [4.69, 9.17) is 0 Å². The number of aryl methyl sites for hydroxylation is 1. The molecule has 42 heavy (non-hydrogen) atoms. The van der Waals surface area contributed by atoms with Crippen LogP contribution in [0.5, 0.6) is 0 Å². The largest absolute Gasteiger partial charge is 0.477 e. The van der Waals surface area contributed by atoms with Crippen LogP contribution in [0.3, 0.4) is 0 Å². The number of aromatic nitrogens is 4. The molecule has 5 aromatic rings. The van der Waals surface area contributed by atoms with Gasteiger partial charge in [-0.15, -0.1) is 0 Å². The highest BCUT2D eigenvalue weighted by atomic mass is 19.2. The molecular weight excluding hydrogens is 544 g/mol. The summed E-state index contributed by atoms with van der Waals surface area (Å²) in [6.45, 7) is 2.23. The second-order valence-corrected chi connectivity index (χ2v) is 11.2. The predicted molar refractivity (Wildman–Crippen MR) is 159 cm³/mol. The molecule has 10 nitrogen and oxygen atoms in total. The van der Waals surface area contributed by atoms with Crippen LogP contribution in [0.15, 0.2) is 35.5 Å². The Hall–Kier alpha value is -4.58. The van der Waals surface area contributed by atoms with Gasteiger partial charge in [0.2, 0.25) is 5.43 Å². The maximum atomic E-state index is 15.6. The molecule has 218 valence electrons. The summed E-state index contributed by atoms with van der Waals surface area (Å²) in [5.41, 5.74) is 2.27. The Bertz CT molecular complexity index is 1950. The number of anilines is 2. The van der Waals surface area contributed by atoms with E-state index < -0.39 is 23.0 Å². The number of rotatable bonds is 6. The molecule has 1 saturated heterocycles. The number of nitrogens with zero attached hydrogens (tertiary/aromatic N) is 5. The molecule has 0 spiro atoms. The van der Waals surface area contributed by atoms with Crippen molar-refractivity contribution in [1.82, 2.24) is 24.4 Å². The van der Waals surface area contributed by atoms with Crippen LogP contribution in [0.4, 0.5) is 20.2 Å². The van der Waals surface area contributed by atoms with Gasteiger partial charge in [0.1, 0.15) is 16.9 Å². The van der Waals surface area contributed by atoms with Crippen molar-refractivity contribution in [2.75, 3.05) is 51.0 Å². The molecule has 1 aromatic carbocycles. The predicted octanol–water partition coefficient (Wildman–Crippen LogP) is 4.43. The van der Waals surface area contributed by atoms with Gasteiger partial charge in [0.25, 0.3) is 0 Å². The van der Waals surface area contributed by atoms with Gasteiger partial charge in [-0.25, -0.2) is 23.5 Å². The lowest BCUT2D eigenvalue weighted by Gasteiger charge is -2.37. The Morgan fingerprint density at radius 1 is 1.21 bits per heavy atom. The summed E-state index contributed by atoms with van der Waals surface area (Å²) in [6.07, 6.45) is 6.43. The number of halogens is 2. The van der Waals surface area contributed by atoms with E-state index in [-0.39, 0.29) is 16.3 Å². The van der Waals surface area contributed by atoms with Crippen LogP contribution in [0.2, 0.25) is 0 Å². The Balaban J connectivity index is 1.68. The Kier molecular flexibility index (Phi) is 6.80. The Labute approximate surface area is 239 Å². The molecule has 0 radical (unpaired) electrons. The lowest BCUT2D eigenvalue weighted by atomic mass is 9.94. The van der Waals surface area contributed by atoms with Crippen molar-refractivity contribution < 1.29 is 18.7 Å². The van der Waals surface area contributed by atoms with Crippen molar-refractivity contribution in [3.05, 3.63) is 58.1 Å². The highest BCUT2D eigenvalue weighted by molar-refractivity contribution is 6.18. The Morgan fingerprint density at radius 3 is 2.71 bits per heavy atom. The average molecular weight is 576 g/mol. The monoisotopic (exact) mass is 575 g/mol. The minimum absolute atomic E-state index is 0.0891. The SMILES string of the molecule is CNc1cc(F)c(F)c2c1[nH]c1ncc(-c3cnc4c(c3)c(=O)c(C(=O)O)cn4C)c(N3CCCC(CN(C)C)C3)c12. The van der Waals surface area contributed by atoms with E-state index >= 15 is 4.39 Å². The minimum Gasteiger partial charge on any atom is -0.477 e. The molecule has 5 heterocycles. The smallest absolute Gasteiger partial charge is 0.341 e. The zero-order valence-corrected chi connectivity index (χ0v) is 23.8. The van der Waals surface area contributed by atoms with E-state index in [0.717, 1.165) is 25.5 Å². The van der Waals surface area contributed by atoms with Gasteiger partial charge in [0, 0.05) is 69.5 Å². The second-order valence-electron chi connectivity index (χ2n) is 11.2. The molecule has 1 fully saturated rings. The number of fused-ring (bicyclic) bond motifs is 4. The maximum Gasteiger partial charge on any atom is 0.341 e. The summed E-state index contributed by atoms with van der Waals surface area (Å²) in [4.78, 5) is 41.6. The number of nitrogens with one attached hydrogen (secondary N) is 2. The molecule has 1 aliphatic rings. The van der Waals surface area contributed by atoms with Gasteiger partial charge in [0.15, 0.2) is 11.6 Å². The zero-order chi connectivity index (χ0) is 29.9.